The van der Waals surface area contributed by atoms with Crippen LogP contribution in [0.3, 0.4) is 0 Å². The molecule has 0 fully saturated rings. The largest absolute Gasteiger partial charge is 0.435 e. The van der Waals surface area contributed by atoms with Crippen LogP contribution in [0, 0.1) is 0 Å². The smallest absolute Gasteiger partial charge is 0.409 e. The Kier molecular flexibility index (Phi) is 17.5. The zero-order chi connectivity index (χ0) is 14.9. The summed E-state index contributed by atoms with van der Waals surface area (Å²) in [4.78, 5) is 11.4. The van der Waals surface area contributed by atoms with Crippen LogP contribution < -0.4 is 0 Å². The molecule has 0 amide bonds. The molecule has 20 heavy (non-hydrogen) atoms. The van der Waals surface area contributed by atoms with E-state index in [1.807, 2.05) is 0 Å². The summed E-state index contributed by atoms with van der Waals surface area (Å²) in [5.41, 5.74) is 0. The molecule has 0 aromatic carbocycles. The molecule has 0 aromatic heterocycles. The number of carbonyl (C=O) groups excluding carboxylic acids is 1. The highest BCUT2D eigenvalue weighted by Crippen LogP contribution is 2.11. The number of hydrogen-bond donors (Lipinski definition) is 0. The molecule has 0 aromatic rings. The Bertz CT molecular complexity index is 216. The average molecular weight is 328 g/mol. The predicted molar refractivity (Wildman–Crippen MR) is 85.5 cm³/mol. The minimum absolute atomic E-state index is 0.0582. The second kappa shape index (κ2) is 17.3. The summed E-state index contributed by atoms with van der Waals surface area (Å²) in [6.45, 7) is 2.26. The maximum Gasteiger partial charge on any atom is 0.409 e. The fourth-order valence-electron chi connectivity index (χ4n) is 2.10. The van der Waals surface area contributed by atoms with E-state index in [2.05, 4.69) is 21.5 Å². The van der Waals surface area contributed by atoms with Gasteiger partial charge in [0.25, 0.3) is 0 Å². The quantitative estimate of drug-likeness (QED) is 0.321. The molecule has 6 heteroatoms. The second-order valence-electron chi connectivity index (χ2n) is 5.10. The van der Waals surface area contributed by atoms with E-state index in [0.29, 0.717) is 6.42 Å². The Morgan fingerprint density at radius 2 is 1.40 bits per heavy atom. The molecule has 0 rings (SSSR count). The maximum atomic E-state index is 11.4. The van der Waals surface area contributed by atoms with Gasteiger partial charge >= 0.3 is 19.8 Å². The molecule has 0 heterocycles. The van der Waals surface area contributed by atoms with E-state index in [-0.39, 0.29) is 25.2 Å². The van der Waals surface area contributed by atoms with Gasteiger partial charge < -0.3 is 13.0 Å². The number of rotatable bonds is 16. The Morgan fingerprint density at radius 3 is 1.90 bits per heavy atom. The van der Waals surface area contributed by atoms with Crippen LogP contribution in [0.2, 0.25) is 0 Å². The highest BCUT2D eigenvalue weighted by Gasteiger charge is 2.05. The van der Waals surface area contributed by atoms with Crippen molar-refractivity contribution in [2.75, 3.05) is 0 Å². The van der Waals surface area contributed by atoms with Crippen LogP contribution >= 0.6 is 0 Å². The van der Waals surface area contributed by atoms with Crippen LogP contribution in [-0.4, -0.2) is 35.7 Å². The van der Waals surface area contributed by atoms with E-state index in [9.17, 15) is 4.79 Å². The molecule has 0 atom stereocenters. The van der Waals surface area contributed by atoms with Crippen molar-refractivity contribution in [2.45, 2.75) is 84.0 Å². The fourth-order valence-corrected chi connectivity index (χ4v) is 3.54. The van der Waals surface area contributed by atoms with Crippen LogP contribution in [0.15, 0.2) is 0 Å². The van der Waals surface area contributed by atoms with E-state index in [4.69, 9.17) is 4.12 Å². The highest BCUT2D eigenvalue weighted by molar-refractivity contribution is 6.71. The van der Waals surface area contributed by atoms with Gasteiger partial charge in [0.15, 0.2) is 0 Å². The molecule has 0 unspecified atom stereocenters. The maximum absolute atomic E-state index is 11.4. The first-order valence-electron chi connectivity index (χ1n) is 7.83. The van der Waals surface area contributed by atoms with Crippen LogP contribution in [-0.2, 0) is 13.0 Å². The molecule has 0 aliphatic carbocycles. The SMILES string of the molecule is CCCCCCCCCCCCCC(=O)[Si]O[Si]O[Si]. The average Bonchev–Trinajstić information content (AvgIpc) is 2.45. The topological polar surface area (TPSA) is 35.5 Å². The zero-order valence-electron chi connectivity index (χ0n) is 12.7. The van der Waals surface area contributed by atoms with Crippen molar-refractivity contribution >= 4 is 35.7 Å². The zero-order valence-corrected chi connectivity index (χ0v) is 15.7. The molecule has 0 aliphatic heterocycles. The summed E-state index contributed by atoms with van der Waals surface area (Å²) in [5.74, 6) is 0. The van der Waals surface area contributed by atoms with Crippen LogP contribution in [0.1, 0.15) is 84.0 Å². The summed E-state index contributed by atoms with van der Waals surface area (Å²) in [6, 6.07) is 0. The standard InChI is InChI=1S/C14H27O3Si3/c1-2-3-4-5-6-7-8-9-10-11-12-13-14(15)19-17-20-16-18/h2-13H2,1H3. The molecule has 3 nitrogen and oxygen atoms in total. The Morgan fingerprint density at radius 1 is 0.900 bits per heavy atom. The normalized spacial score (nSPS) is 10.9. The minimum atomic E-state index is -0.0828. The Balaban J connectivity index is 3.07. The van der Waals surface area contributed by atoms with E-state index in [1.54, 1.807) is 0 Å². The van der Waals surface area contributed by atoms with Gasteiger partial charge in [0.05, 0.1) is 0 Å². The molecule has 0 saturated carbocycles. The molecule has 0 saturated heterocycles. The number of hydrogen-bond acceptors (Lipinski definition) is 3. The molecule has 0 spiro atoms. The van der Waals surface area contributed by atoms with Gasteiger partial charge in [0, 0.05) is 6.42 Å². The lowest BCUT2D eigenvalue weighted by atomic mass is 10.1. The van der Waals surface area contributed by atoms with Crippen LogP contribution in [0.4, 0.5) is 0 Å². The summed E-state index contributed by atoms with van der Waals surface area (Å²) in [7, 11) is 2.69. The van der Waals surface area contributed by atoms with E-state index in [1.165, 1.54) is 64.2 Å². The number of carbonyl (C=O) groups is 1. The monoisotopic (exact) mass is 327 g/mol. The molecule has 113 valence electrons. The lowest BCUT2D eigenvalue weighted by Gasteiger charge is -2.02. The van der Waals surface area contributed by atoms with Crippen molar-refractivity contribution in [2.24, 2.45) is 0 Å². The van der Waals surface area contributed by atoms with Gasteiger partial charge in [-0.1, -0.05) is 71.1 Å². The van der Waals surface area contributed by atoms with Gasteiger partial charge in [0.1, 0.15) is 5.41 Å². The first-order valence-corrected chi connectivity index (χ1v) is 9.96. The van der Waals surface area contributed by atoms with Crippen molar-refractivity contribution in [1.29, 1.82) is 0 Å². The van der Waals surface area contributed by atoms with Gasteiger partial charge in [-0.05, 0) is 6.42 Å². The van der Waals surface area contributed by atoms with E-state index < -0.39 is 0 Å². The van der Waals surface area contributed by atoms with Crippen molar-refractivity contribution in [1.82, 2.24) is 0 Å². The Hall–Kier alpha value is 0.241. The van der Waals surface area contributed by atoms with Gasteiger partial charge in [-0.3, -0.25) is 0 Å². The van der Waals surface area contributed by atoms with E-state index in [0.717, 1.165) is 6.42 Å². The van der Waals surface area contributed by atoms with Gasteiger partial charge in [-0.15, -0.1) is 0 Å². The third kappa shape index (κ3) is 16.3. The highest BCUT2D eigenvalue weighted by atomic mass is 28.3. The van der Waals surface area contributed by atoms with Crippen molar-refractivity contribution in [3.05, 3.63) is 0 Å². The summed E-state index contributed by atoms with van der Waals surface area (Å²) >= 11 is 0. The van der Waals surface area contributed by atoms with Crippen LogP contribution in [0.25, 0.3) is 0 Å². The lowest BCUT2D eigenvalue weighted by Crippen LogP contribution is -2.16. The molecule has 0 aliphatic rings. The van der Waals surface area contributed by atoms with Gasteiger partial charge in [-0.2, -0.15) is 0 Å². The summed E-state index contributed by atoms with van der Waals surface area (Å²) in [5, 5.41) is 0.206. The van der Waals surface area contributed by atoms with Crippen LogP contribution in [0.5, 0.6) is 0 Å². The third-order valence-electron chi connectivity index (χ3n) is 3.26. The fraction of sp³-hybridized carbons (Fsp3) is 0.929. The first kappa shape index (κ1) is 20.2. The molecule has 0 N–H and O–H groups in total. The Labute approximate surface area is 133 Å². The van der Waals surface area contributed by atoms with Crippen molar-refractivity contribution < 1.29 is 13.0 Å². The van der Waals surface area contributed by atoms with Crippen molar-refractivity contribution in [3.63, 3.8) is 0 Å². The molecule has 0 bridgehead atoms. The number of unbranched alkanes of at least 4 members (excludes halogenated alkanes) is 10. The predicted octanol–water partition coefficient (Wildman–Crippen LogP) is 3.48. The molecular formula is C14H27O3Si3. The third-order valence-corrected chi connectivity index (χ3v) is 4.81. The lowest BCUT2D eigenvalue weighted by molar-refractivity contribution is -0.112. The first-order chi connectivity index (χ1) is 9.81. The van der Waals surface area contributed by atoms with Crippen molar-refractivity contribution in [3.8, 4) is 0 Å². The van der Waals surface area contributed by atoms with Gasteiger partial charge in [0.2, 0.25) is 10.5 Å². The summed E-state index contributed by atoms with van der Waals surface area (Å²) < 4.78 is 9.60. The molecular weight excluding hydrogens is 300 g/mol. The second-order valence-corrected chi connectivity index (χ2v) is 7.66. The van der Waals surface area contributed by atoms with Gasteiger partial charge in [-0.25, -0.2) is 0 Å². The summed E-state index contributed by atoms with van der Waals surface area (Å²) in [6.07, 6.45) is 15.1. The molecule has 7 radical (unpaired) electrons. The van der Waals surface area contributed by atoms with E-state index >= 15 is 0 Å². The minimum Gasteiger partial charge on any atom is -0.435 e.